The fraction of sp³-hybridized carbons (Fsp3) is 0.533. The van der Waals surface area contributed by atoms with Crippen molar-refractivity contribution in [3.63, 3.8) is 0 Å². The molecule has 4 nitrogen and oxygen atoms in total. The second-order valence-corrected chi connectivity index (χ2v) is 5.47. The van der Waals surface area contributed by atoms with E-state index in [4.69, 9.17) is 0 Å². The van der Waals surface area contributed by atoms with Crippen LogP contribution in [0.4, 0.5) is 4.39 Å². The topological polar surface area (TPSA) is 60.8 Å². The van der Waals surface area contributed by atoms with Crippen molar-refractivity contribution in [1.29, 1.82) is 0 Å². The number of phenols is 1. The lowest BCUT2D eigenvalue weighted by Gasteiger charge is -2.40. The van der Waals surface area contributed by atoms with Crippen molar-refractivity contribution in [2.24, 2.45) is 5.41 Å². The van der Waals surface area contributed by atoms with Crippen molar-refractivity contribution in [3.05, 3.63) is 29.6 Å². The first-order valence-electron chi connectivity index (χ1n) is 6.90. The summed E-state index contributed by atoms with van der Waals surface area (Å²) >= 11 is 0. The van der Waals surface area contributed by atoms with Crippen LogP contribution in [0.15, 0.2) is 18.2 Å². The van der Waals surface area contributed by atoms with Gasteiger partial charge in [0.1, 0.15) is 11.6 Å². The SMILES string of the molecule is CCC1(CO)CCN(C(=O)c2ccc(F)cc2O)CC1. The zero-order valence-electron chi connectivity index (χ0n) is 11.6. The number of nitrogens with zero attached hydrogens (tertiary/aromatic N) is 1. The lowest BCUT2D eigenvalue weighted by molar-refractivity contribution is 0.0336. The Labute approximate surface area is 117 Å². The molecule has 0 spiro atoms. The van der Waals surface area contributed by atoms with Crippen LogP contribution in [0.2, 0.25) is 0 Å². The highest BCUT2D eigenvalue weighted by Gasteiger charge is 2.34. The average molecular weight is 281 g/mol. The Kier molecular flexibility index (Phi) is 4.28. The minimum Gasteiger partial charge on any atom is -0.507 e. The first kappa shape index (κ1) is 14.8. The maximum absolute atomic E-state index is 12.9. The Morgan fingerprint density at radius 1 is 1.40 bits per heavy atom. The zero-order valence-corrected chi connectivity index (χ0v) is 11.6. The van der Waals surface area contributed by atoms with E-state index in [0.717, 1.165) is 25.3 Å². The number of hydrogen-bond acceptors (Lipinski definition) is 3. The normalized spacial score (nSPS) is 18.1. The van der Waals surface area contributed by atoms with E-state index in [1.54, 1.807) is 4.90 Å². The molecule has 0 atom stereocenters. The number of rotatable bonds is 3. The number of piperidine rings is 1. The summed E-state index contributed by atoms with van der Waals surface area (Å²) in [7, 11) is 0. The van der Waals surface area contributed by atoms with E-state index in [1.165, 1.54) is 12.1 Å². The standard InChI is InChI=1S/C15H20FNO3/c1-2-15(10-18)5-7-17(8-6-15)14(20)12-4-3-11(16)9-13(12)19/h3-4,9,18-19H,2,5-8,10H2,1H3. The van der Waals surface area contributed by atoms with Crippen molar-refractivity contribution in [2.45, 2.75) is 26.2 Å². The summed E-state index contributed by atoms with van der Waals surface area (Å²) in [6, 6.07) is 3.42. The van der Waals surface area contributed by atoms with Crippen LogP contribution in [-0.2, 0) is 0 Å². The molecule has 0 aromatic heterocycles. The van der Waals surface area contributed by atoms with Crippen LogP contribution in [0.5, 0.6) is 5.75 Å². The smallest absolute Gasteiger partial charge is 0.257 e. The zero-order chi connectivity index (χ0) is 14.8. The van der Waals surface area contributed by atoms with E-state index in [0.29, 0.717) is 13.1 Å². The Morgan fingerprint density at radius 2 is 2.05 bits per heavy atom. The predicted molar refractivity (Wildman–Crippen MR) is 73.0 cm³/mol. The van der Waals surface area contributed by atoms with Crippen LogP contribution in [0.25, 0.3) is 0 Å². The molecular formula is C15H20FNO3. The molecule has 1 fully saturated rings. The quantitative estimate of drug-likeness (QED) is 0.892. The molecule has 1 amide bonds. The summed E-state index contributed by atoms with van der Waals surface area (Å²) in [4.78, 5) is 13.9. The molecule has 1 saturated heterocycles. The van der Waals surface area contributed by atoms with E-state index in [-0.39, 0.29) is 29.2 Å². The highest BCUT2D eigenvalue weighted by atomic mass is 19.1. The van der Waals surface area contributed by atoms with E-state index in [9.17, 15) is 19.4 Å². The van der Waals surface area contributed by atoms with Crippen molar-refractivity contribution < 1.29 is 19.4 Å². The van der Waals surface area contributed by atoms with Gasteiger partial charge in [0.05, 0.1) is 5.56 Å². The number of amides is 1. The molecule has 5 heteroatoms. The van der Waals surface area contributed by atoms with Crippen LogP contribution in [0.3, 0.4) is 0 Å². The van der Waals surface area contributed by atoms with E-state index in [1.807, 2.05) is 6.92 Å². The number of benzene rings is 1. The predicted octanol–water partition coefficient (Wildman–Crippen LogP) is 2.16. The summed E-state index contributed by atoms with van der Waals surface area (Å²) in [6.07, 6.45) is 2.37. The van der Waals surface area contributed by atoms with Gasteiger partial charge in [0.25, 0.3) is 5.91 Å². The number of aliphatic hydroxyl groups excluding tert-OH is 1. The van der Waals surface area contributed by atoms with Gasteiger partial charge in [-0.05, 0) is 36.8 Å². The summed E-state index contributed by atoms with van der Waals surface area (Å²) in [6.45, 7) is 3.26. The largest absolute Gasteiger partial charge is 0.507 e. The van der Waals surface area contributed by atoms with Gasteiger partial charge in [-0.1, -0.05) is 6.92 Å². The number of carbonyl (C=O) groups excluding carboxylic acids is 1. The molecule has 0 aliphatic carbocycles. The van der Waals surface area contributed by atoms with Crippen molar-refractivity contribution in [1.82, 2.24) is 4.90 Å². The number of aliphatic hydroxyl groups is 1. The van der Waals surface area contributed by atoms with Gasteiger partial charge in [-0.25, -0.2) is 4.39 Å². The second kappa shape index (κ2) is 5.79. The second-order valence-electron chi connectivity index (χ2n) is 5.47. The van der Waals surface area contributed by atoms with Gasteiger partial charge in [0, 0.05) is 25.8 Å². The molecule has 0 unspecified atom stereocenters. The Balaban J connectivity index is 2.09. The molecule has 1 aromatic rings. The van der Waals surface area contributed by atoms with Crippen LogP contribution in [0.1, 0.15) is 36.5 Å². The number of aromatic hydroxyl groups is 1. The molecule has 2 rings (SSSR count). The Hall–Kier alpha value is -1.62. The number of hydrogen-bond donors (Lipinski definition) is 2. The summed E-state index contributed by atoms with van der Waals surface area (Å²) in [5.74, 6) is -1.18. The van der Waals surface area contributed by atoms with Gasteiger partial charge in [-0.15, -0.1) is 0 Å². The van der Waals surface area contributed by atoms with Gasteiger partial charge < -0.3 is 15.1 Å². The molecule has 1 heterocycles. The number of carbonyl (C=O) groups is 1. The molecule has 0 bridgehead atoms. The molecular weight excluding hydrogens is 261 g/mol. The third-order valence-electron chi connectivity index (χ3n) is 4.39. The van der Waals surface area contributed by atoms with Crippen molar-refractivity contribution >= 4 is 5.91 Å². The first-order chi connectivity index (χ1) is 9.51. The Morgan fingerprint density at radius 3 is 2.55 bits per heavy atom. The average Bonchev–Trinajstić information content (AvgIpc) is 2.47. The van der Waals surface area contributed by atoms with Crippen LogP contribution in [0, 0.1) is 11.2 Å². The summed E-state index contributed by atoms with van der Waals surface area (Å²) < 4.78 is 12.9. The first-order valence-corrected chi connectivity index (χ1v) is 6.90. The fourth-order valence-corrected chi connectivity index (χ4v) is 2.66. The molecule has 1 aliphatic heterocycles. The van der Waals surface area contributed by atoms with Crippen LogP contribution < -0.4 is 0 Å². The number of halogens is 1. The monoisotopic (exact) mass is 281 g/mol. The van der Waals surface area contributed by atoms with Crippen LogP contribution in [-0.4, -0.2) is 40.7 Å². The number of phenolic OH excluding ortho intramolecular Hbond substituents is 1. The molecule has 2 N–H and O–H groups in total. The minimum atomic E-state index is -0.567. The third-order valence-corrected chi connectivity index (χ3v) is 4.39. The molecule has 0 saturated carbocycles. The fourth-order valence-electron chi connectivity index (χ4n) is 2.66. The molecule has 110 valence electrons. The number of likely N-dealkylation sites (tertiary alicyclic amines) is 1. The maximum Gasteiger partial charge on any atom is 0.257 e. The lowest BCUT2D eigenvalue weighted by Crippen LogP contribution is -2.44. The van der Waals surface area contributed by atoms with Gasteiger partial charge in [-0.2, -0.15) is 0 Å². The van der Waals surface area contributed by atoms with Gasteiger partial charge >= 0.3 is 0 Å². The van der Waals surface area contributed by atoms with Crippen LogP contribution >= 0.6 is 0 Å². The summed E-state index contributed by atoms with van der Waals surface area (Å²) in [5, 5.41) is 19.1. The Bertz CT molecular complexity index is 490. The third kappa shape index (κ3) is 2.77. The van der Waals surface area contributed by atoms with Gasteiger partial charge in [0.15, 0.2) is 0 Å². The summed E-state index contributed by atoms with van der Waals surface area (Å²) in [5.41, 5.74) is 0.0288. The highest BCUT2D eigenvalue weighted by Crippen LogP contribution is 2.35. The molecule has 1 aromatic carbocycles. The molecule has 1 aliphatic rings. The maximum atomic E-state index is 12.9. The van der Waals surface area contributed by atoms with Gasteiger partial charge in [-0.3, -0.25) is 4.79 Å². The van der Waals surface area contributed by atoms with Gasteiger partial charge in [0.2, 0.25) is 0 Å². The minimum absolute atomic E-state index is 0.0956. The van der Waals surface area contributed by atoms with Crippen molar-refractivity contribution in [3.8, 4) is 5.75 Å². The van der Waals surface area contributed by atoms with E-state index < -0.39 is 5.82 Å². The highest BCUT2D eigenvalue weighted by molar-refractivity contribution is 5.96. The lowest BCUT2D eigenvalue weighted by atomic mass is 9.77. The van der Waals surface area contributed by atoms with E-state index in [2.05, 4.69) is 0 Å². The molecule has 20 heavy (non-hydrogen) atoms. The van der Waals surface area contributed by atoms with E-state index >= 15 is 0 Å². The molecule has 0 radical (unpaired) electrons. The van der Waals surface area contributed by atoms with Crippen molar-refractivity contribution in [2.75, 3.05) is 19.7 Å².